The molecule has 2 rings (SSSR count). The first-order valence-corrected chi connectivity index (χ1v) is 8.42. The van der Waals surface area contributed by atoms with E-state index in [1.54, 1.807) is 19.1 Å². The first-order chi connectivity index (χ1) is 9.36. The molecule has 2 aromatic rings. The number of anilines is 2. The molecule has 0 saturated heterocycles. The van der Waals surface area contributed by atoms with Crippen LogP contribution >= 0.6 is 11.3 Å². The summed E-state index contributed by atoms with van der Waals surface area (Å²) in [6.07, 6.45) is 0.918. The fraction of sp³-hybridized carbons (Fsp3) is 0.308. The second-order valence-electron chi connectivity index (χ2n) is 4.42. The molecule has 0 unspecified atom stereocenters. The second-order valence-corrected chi connectivity index (χ2v) is 7.61. The molecule has 0 spiro atoms. The molecule has 0 bridgehead atoms. The molecule has 7 heteroatoms. The van der Waals surface area contributed by atoms with Gasteiger partial charge in [-0.15, -0.1) is 0 Å². The topological polar surface area (TPSA) is 76.3 Å². The Morgan fingerprint density at radius 1 is 1.30 bits per heavy atom. The maximum atomic E-state index is 12.6. The fourth-order valence-electron chi connectivity index (χ4n) is 1.85. The van der Waals surface area contributed by atoms with Crippen LogP contribution in [0.1, 0.15) is 18.2 Å². The molecular weight excluding hydrogens is 294 g/mol. The van der Waals surface area contributed by atoms with Crippen LogP contribution < -0.4 is 10.0 Å². The SMILES string of the molecule is CCc1ccc(N(C)S(=O)(=O)c2sc(N)nc2C)cc1. The summed E-state index contributed by atoms with van der Waals surface area (Å²) < 4.78 is 26.6. The van der Waals surface area contributed by atoms with Gasteiger partial charge < -0.3 is 5.73 Å². The molecule has 20 heavy (non-hydrogen) atoms. The highest BCUT2D eigenvalue weighted by atomic mass is 32.2. The Kier molecular flexibility index (Phi) is 4.01. The molecule has 5 nitrogen and oxygen atoms in total. The van der Waals surface area contributed by atoms with Crippen LogP contribution in [0, 0.1) is 6.92 Å². The number of hydrogen-bond donors (Lipinski definition) is 1. The third-order valence-corrected chi connectivity index (χ3v) is 6.43. The lowest BCUT2D eigenvalue weighted by Crippen LogP contribution is -2.26. The molecule has 1 heterocycles. The van der Waals surface area contributed by atoms with Gasteiger partial charge in [0, 0.05) is 7.05 Å². The molecule has 0 amide bonds. The van der Waals surface area contributed by atoms with Crippen molar-refractivity contribution >= 4 is 32.2 Å². The van der Waals surface area contributed by atoms with Crippen LogP contribution in [0.4, 0.5) is 10.8 Å². The zero-order chi connectivity index (χ0) is 14.9. The zero-order valence-corrected chi connectivity index (χ0v) is 13.3. The Balaban J connectivity index is 2.40. The van der Waals surface area contributed by atoms with Crippen LogP contribution in [0.5, 0.6) is 0 Å². The van der Waals surface area contributed by atoms with Gasteiger partial charge in [-0.1, -0.05) is 30.4 Å². The minimum Gasteiger partial charge on any atom is -0.375 e. The van der Waals surface area contributed by atoms with Crippen molar-refractivity contribution in [3.05, 3.63) is 35.5 Å². The maximum Gasteiger partial charge on any atom is 0.275 e. The normalized spacial score (nSPS) is 11.6. The summed E-state index contributed by atoms with van der Waals surface area (Å²) in [5.41, 5.74) is 7.80. The summed E-state index contributed by atoms with van der Waals surface area (Å²) in [7, 11) is -2.08. The third-order valence-electron chi connectivity index (χ3n) is 3.07. The fourth-order valence-corrected chi connectivity index (χ4v) is 4.49. The number of benzene rings is 1. The highest BCUT2D eigenvalue weighted by Gasteiger charge is 2.26. The molecule has 108 valence electrons. The van der Waals surface area contributed by atoms with E-state index in [0.717, 1.165) is 23.3 Å². The van der Waals surface area contributed by atoms with E-state index in [1.807, 2.05) is 12.1 Å². The van der Waals surface area contributed by atoms with Crippen molar-refractivity contribution in [1.29, 1.82) is 0 Å². The van der Waals surface area contributed by atoms with Gasteiger partial charge in [-0.3, -0.25) is 4.31 Å². The van der Waals surface area contributed by atoms with Gasteiger partial charge in [-0.25, -0.2) is 13.4 Å². The van der Waals surface area contributed by atoms with Gasteiger partial charge >= 0.3 is 0 Å². The van der Waals surface area contributed by atoms with Crippen molar-refractivity contribution in [2.75, 3.05) is 17.1 Å². The van der Waals surface area contributed by atoms with Crippen LogP contribution in [0.3, 0.4) is 0 Å². The van der Waals surface area contributed by atoms with E-state index in [-0.39, 0.29) is 9.34 Å². The lowest BCUT2D eigenvalue weighted by atomic mass is 10.1. The van der Waals surface area contributed by atoms with Crippen molar-refractivity contribution < 1.29 is 8.42 Å². The monoisotopic (exact) mass is 311 g/mol. The molecule has 0 atom stereocenters. The summed E-state index contributed by atoms with van der Waals surface area (Å²) in [6.45, 7) is 3.70. The summed E-state index contributed by atoms with van der Waals surface area (Å²) in [4.78, 5) is 3.97. The van der Waals surface area contributed by atoms with Crippen LogP contribution in [-0.4, -0.2) is 20.4 Å². The lowest BCUT2D eigenvalue weighted by Gasteiger charge is -2.19. The first-order valence-electron chi connectivity index (χ1n) is 6.17. The number of nitrogens with two attached hydrogens (primary N) is 1. The highest BCUT2D eigenvalue weighted by Crippen LogP contribution is 2.30. The van der Waals surface area contributed by atoms with E-state index >= 15 is 0 Å². The van der Waals surface area contributed by atoms with Gasteiger partial charge in [0.25, 0.3) is 10.0 Å². The number of thiazole rings is 1. The summed E-state index contributed by atoms with van der Waals surface area (Å²) in [6, 6.07) is 7.46. The summed E-state index contributed by atoms with van der Waals surface area (Å²) in [5.74, 6) is 0. The van der Waals surface area contributed by atoms with E-state index in [2.05, 4.69) is 11.9 Å². The molecule has 1 aromatic heterocycles. The minimum absolute atomic E-state index is 0.192. The van der Waals surface area contributed by atoms with Crippen LogP contribution in [0.15, 0.2) is 28.5 Å². The predicted octanol–water partition coefficient (Wildman–Crippen LogP) is 2.42. The molecule has 0 aliphatic rings. The predicted molar refractivity (Wildman–Crippen MR) is 82.7 cm³/mol. The van der Waals surface area contributed by atoms with E-state index in [4.69, 9.17) is 5.73 Å². The van der Waals surface area contributed by atoms with Crippen LogP contribution in [0.25, 0.3) is 0 Å². The van der Waals surface area contributed by atoms with Crippen molar-refractivity contribution in [1.82, 2.24) is 4.98 Å². The van der Waals surface area contributed by atoms with Gasteiger partial charge in [-0.2, -0.15) is 0 Å². The number of nitrogens with zero attached hydrogens (tertiary/aromatic N) is 2. The van der Waals surface area contributed by atoms with Crippen LogP contribution in [0.2, 0.25) is 0 Å². The molecule has 1 aromatic carbocycles. The van der Waals surface area contributed by atoms with Crippen molar-refractivity contribution in [2.45, 2.75) is 24.5 Å². The van der Waals surface area contributed by atoms with Gasteiger partial charge in [0.15, 0.2) is 9.34 Å². The molecule has 0 aliphatic carbocycles. The molecule has 0 radical (unpaired) electrons. The number of nitrogen functional groups attached to an aromatic ring is 1. The summed E-state index contributed by atoms with van der Waals surface area (Å²) in [5, 5.41) is 0.260. The van der Waals surface area contributed by atoms with Crippen molar-refractivity contribution in [3.8, 4) is 0 Å². The van der Waals surface area contributed by atoms with Crippen LogP contribution in [-0.2, 0) is 16.4 Å². The molecule has 0 fully saturated rings. The third kappa shape index (κ3) is 2.64. The van der Waals surface area contributed by atoms with E-state index in [0.29, 0.717) is 11.4 Å². The minimum atomic E-state index is -3.61. The number of rotatable bonds is 4. The standard InChI is InChI=1S/C13H17N3O2S2/c1-4-10-5-7-11(8-6-10)16(3)20(17,18)12-9(2)15-13(14)19-12/h5-8H,4H2,1-3H3,(H2,14,15). The zero-order valence-electron chi connectivity index (χ0n) is 11.6. The Morgan fingerprint density at radius 2 is 1.90 bits per heavy atom. The molecular formula is C13H17N3O2S2. The number of hydrogen-bond acceptors (Lipinski definition) is 5. The van der Waals surface area contributed by atoms with Crippen molar-refractivity contribution in [3.63, 3.8) is 0 Å². The van der Waals surface area contributed by atoms with E-state index in [9.17, 15) is 8.42 Å². The average Bonchev–Trinajstić information content (AvgIpc) is 2.77. The van der Waals surface area contributed by atoms with Gasteiger partial charge in [0.2, 0.25) is 0 Å². The first kappa shape index (κ1) is 14.8. The van der Waals surface area contributed by atoms with E-state index in [1.165, 1.54) is 11.4 Å². The quantitative estimate of drug-likeness (QED) is 0.941. The highest BCUT2D eigenvalue weighted by molar-refractivity contribution is 7.94. The Morgan fingerprint density at radius 3 is 2.35 bits per heavy atom. The van der Waals surface area contributed by atoms with Gasteiger partial charge in [0.1, 0.15) is 0 Å². The molecule has 0 aliphatic heterocycles. The maximum absolute atomic E-state index is 12.6. The number of sulfonamides is 1. The van der Waals surface area contributed by atoms with Gasteiger partial charge in [-0.05, 0) is 31.0 Å². The largest absolute Gasteiger partial charge is 0.375 e. The smallest absolute Gasteiger partial charge is 0.275 e. The molecule has 0 saturated carbocycles. The Hall–Kier alpha value is -1.60. The average molecular weight is 311 g/mol. The number of aryl methyl sites for hydroxylation is 2. The number of aromatic nitrogens is 1. The Labute approximate surface area is 123 Å². The van der Waals surface area contributed by atoms with Gasteiger partial charge in [0.05, 0.1) is 11.4 Å². The van der Waals surface area contributed by atoms with E-state index < -0.39 is 10.0 Å². The Bertz CT molecular complexity index is 706. The summed E-state index contributed by atoms with van der Waals surface area (Å²) >= 11 is 0.989. The van der Waals surface area contributed by atoms with Crippen molar-refractivity contribution in [2.24, 2.45) is 0 Å². The molecule has 2 N–H and O–H groups in total. The second kappa shape index (κ2) is 5.41. The lowest BCUT2D eigenvalue weighted by molar-refractivity contribution is 0.595.